The molecule has 0 aromatic heterocycles. The molecule has 0 spiro atoms. The minimum atomic E-state index is -0.310. The summed E-state index contributed by atoms with van der Waals surface area (Å²) in [5.74, 6) is -0.583. The van der Waals surface area contributed by atoms with E-state index in [0.717, 1.165) is 11.1 Å². The molecule has 0 fully saturated rings. The Morgan fingerprint density at radius 3 is 2.43 bits per heavy atom. The molecule has 0 saturated carbocycles. The summed E-state index contributed by atoms with van der Waals surface area (Å²) in [7, 11) is 0. The smallest absolute Gasteiger partial charge is 0.317 e. The van der Waals surface area contributed by atoms with Crippen LogP contribution in [0.5, 0.6) is 0 Å². The van der Waals surface area contributed by atoms with Gasteiger partial charge < -0.3 is 10.2 Å². The molecule has 0 radical (unpaired) electrons. The summed E-state index contributed by atoms with van der Waals surface area (Å²) in [4.78, 5) is 13.8. The fraction of sp³-hybridized carbons (Fsp3) is 0.278. The van der Waals surface area contributed by atoms with Crippen LogP contribution in [-0.4, -0.2) is 24.0 Å². The Labute approximate surface area is 134 Å². The van der Waals surface area contributed by atoms with Crippen LogP contribution in [0, 0.1) is 11.6 Å². The molecule has 5 heteroatoms. The van der Waals surface area contributed by atoms with Crippen LogP contribution >= 0.6 is 0 Å². The van der Waals surface area contributed by atoms with Crippen LogP contribution in [0.25, 0.3) is 0 Å². The molecule has 0 aliphatic carbocycles. The summed E-state index contributed by atoms with van der Waals surface area (Å²) in [5.41, 5.74) is 1.71. The van der Waals surface area contributed by atoms with E-state index in [1.165, 1.54) is 24.3 Å². The van der Waals surface area contributed by atoms with E-state index in [0.29, 0.717) is 26.1 Å². The van der Waals surface area contributed by atoms with E-state index < -0.39 is 0 Å². The van der Waals surface area contributed by atoms with Gasteiger partial charge in [0.05, 0.1) is 0 Å². The molecule has 0 saturated heterocycles. The molecule has 0 atom stereocenters. The highest BCUT2D eigenvalue weighted by Crippen LogP contribution is 2.08. The number of hydrogen-bond donors (Lipinski definition) is 1. The Kier molecular flexibility index (Phi) is 6.09. The monoisotopic (exact) mass is 318 g/mol. The van der Waals surface area contributed by atoms with E-state index >= 15 is 0 Å². The van der Waals surface area contributed by atoms with Crippen molar-refractivity contribution >= 4 is 6.03 Å². The van der Waals surface area contributed by atoms with Crippen LogP contribution in [0.2, 0.25) is 0 Å². The lowest BCUT2D eigenvalue weighted by Crippen LogP contribution is -2.40. The maximum absolute atomic E-state index is 13.2. The Balaban J connectivity index is 1.83. The molecule has 2 rings (SSSR count). The number of amides is 2. The molecule has 0 unspecified atom stereocenters. The van der Waals surface area contributed by atoms with Crippen molar-refractivity contribution in [1.82, 2.24) is 10.2 Å². The third kappa shape index (κ3) is 5.36. The number of halogens is 2. The SMILES string of the molecule is CCN(Cc1cccc(F)c1)C(=O)NCCc1ccc(F)cc1. The summed E-state index contributed by atoms with van der Waals surface area (Å²) < 4.78 is 26.0. The van der Waals surface area contributed by atoms with Gasteiger partial charge in [-0.15, -0.1) is 0 Å². The molecule has 0 aliphatic rings. The summed E-state index contributed by atoms with van der Waals surface area (Å²) in [6.07, 6.45) is 0.629. The Bertz CT molecular complexity index is 644. The predicted octanol–water partition coefficient (Wildman–Crippen LogP) is 3.74. The largest absolute Gasteiger partial charge is 0.338 e. The zero-order valence-electron chi connectivity index (χ0n) is 13.1. The van der Waals surface area contributed by atoms with Gasteiger partial charge in [0.25, 0.3) is 0 Å². The quantitative estimate of drug-likeness (QED) is 0.864. The molecule has 0 bridgehead atoms. The maximum Gasteiger partial charge on any atom is 0.317 e. The molecule has 2 aromatic rings. The lowest BCUT2D eigenvalue weighted by atomic mass is 10.1. The lowest BCUT2D eigenvalue weighted by Gasteiger charge is -2.21. The lowest BCUT2D eigenvalue weighted by molar-refractivity contribution is 0.198. The van der Waals surface area contributed by atoms with Crippen LogP contribution in [0.15, 0.2) is 48.5 Å². The van der Waals surface area contributed by atoms with Gasteiger partial charge in [0.2, 0.25) is 0 Å². The Morgan fingerprint density at radius 2 is 1.78 bits per heavy atom. The fourth-order valence-electron chi connectivity index (χ4n) is 2.26. The highest BCUT2D eigenvalue weighted by atomic mass is 19.1. The number of hydrogen-bond acceptors (Lipinski definition) is 1. The molecule has 0 aliphatic heterocycles. The number of carbonyl (C=O) groups excluding carboxylic acids is 1. The van der Waals surface area contributed by atoms with Gasteiger partial charge in [0.15, 0.2) is 0 Å². The summed E-state index contributed by atoms with van der Waals surface area (Å²) in [6.45, 7) is 3.22. The van der Waals surface area contributed by atoms with Gasteiger partial charge >= 0.3 is 6.03 Å². The number of rotatable bonds is 6. The first-order chi connectivity index (χ1) is 11.1. The topological polar surface area (TPSA) is 32.3 Å². The van der Waals surface area contributed by atoms with Gasteiger partial charge in [-0.1, -0.05) is 24.3 Å². The van der Waals surface area contributed by atoms with E-state index in [9.17, 15) is 13.6 Å². The summed E-state index contributed by atoms with van der Waals surface area (Å²) >= 11 is 0. The standard InChI is InChI=1S/C18H20F2N2O/c1-2-22(13-15-4-3-5-17(20)12-15)18(23)21-11-10-14-6-8-16(19)9-7-14/h3-9,12H,2,10-11,13H2,1H3,(H,21,23). The third-order valence-corrected chi connectivity index (χ3v) is 3.53. The van der Waals surface area contributed by atoms with Crippen molar-refractivity contribution < 1.29 is 13.6 Å². The minimum Gasteiger partial charge on any atom is -0.338 e. The van der Waals surface area contributed by atoms with E-state index in [-0.39, 0.29) is 17.7 Å². The zero-order chi connectivity index (χ0) is 16.7. The number of nitrogens with zero attached hydrogens (tertiary/aromatic N) is 1. The van der Waals surface area contributed by atoms with Gasteiger partial charge in [-0.3, -0.25) is 0 Å². The van der Waals surface area contributed by atoms with E-state index in [1.807, 2.05) is 6.92 Å². The fourth-order valence-corrected chi connectivity index (χ4v) is 2.26. The normalized spacial score (nSPS) is 10.4. The van der Waals surface area contributed by atoms with Gasteiger partial charge in [-0.25, -0.2) is 13.6 Å². The van der Waals surface area contributed by atoms with Crippen LogP contribution in [0.4, 0.5) is 13.6 Å². The van der Waals surface area contributed by atoms with Gasteiger partial charge in [0, 0.05) is 19.6 Å². The zero-order valence-corrected chi connectivity index (χ0v) is 13.1. The average molecular weight is 318 g/mol. The van der Waals surface area contributed by atoms with Gasteiger partial charge in [-0.2, -0.15) is 0 Å². The highest BCUT2D eigenvalue weighted by molar-refractivity contribution is 5.74. The van der Waals surface area contributed by atoms with Crippen molar-refractivity contribution in [2.75, 3.05) is 13.1 Å². The second-order valence-corrected chi connectivity index (χ2v) is 5.25. The highest BCUT2D eigenvalue weighted by Gasteiger charge is 2.11. The molecule has 1 N–H and O–H groups in total. The number of benzene rings is 2. The molecular weight excluding hydrogens is 298 g/mol. The van der Waals surface area contributed by atoms with Crippen LogP contribution < -0.4 is 5.32 Å². The van der Waals surface area contributed by atoms with Gasteiger partial charge in [-0.05, 0) is 48.7 Å². The van der Waals surface area contributed by atoms with Crippen molar-refractivity contribution in [3.63, 3.8) is 0 Å². The third-order valence-electron chi connectivity index (χ3n) is 3.53. The van der Waals surface area contributed by atoms with Crippen molar-refractivity contribution in [2.24, 2.45) is 0 Å². The van der Waals surface area contributed by atoms with Gasteiger partial charge in [0.1, 0.15) is 11.6 Å². The van der Waals surface area contributed by atoms with Crippen molar-refractivity contribution in [3.05, 3.63) is 71.3 Å². The first kappa shape index (κ1) is 16.9. The second-order valence-electron chi connectivity index (χ2n) is 5.25. The number of nitrogens with one attached hydrogen (secondary N) is 1. The first-order valence-corrected chi connectivity index (χ1v) is 7.60. The molecule has 2 amide bonds. The van der Waals surface area contributed by atoms with Crippen LogP contribution in [0.3, 0.4) is 0 Å². The molecule has 2 aromatic carbocycles. The Morgan fingerprint density at radius 1 is 1.04 bits per heavy atom. The molecular formula is C18H20F2N2O. The van der Waals surface area contributed by atoms with Crippen molar-refractivity contribution in [2.45, 2.75) is 19.9 Å². The molecule has 23 heavy (non-hydrogen) atoms. The minimum absolute atomic E-state index is 0.195. The number of carbonyl (C=O) groups is 1. The number of urea groups is 1. The Hall–Kier alpha value is -2.43. The molecule has 0 heterocycles. The van der Waals surface area contributed by atoms with E-state index in [2.05, 4.69) is 5.32 Å². The maximum atomic E-state index is 13.2. The predicted molar refractivity (Wildman–Crippen MR) is 86.0 cm³/mol. The average Bonchev–Trinajstić information content (AvgIpc) is 2.54. The van der Waals surface area contributed by atoms with Crippen molar-refractivity contribution in [3.8, 4) is 0 Å². The van der Waals surface area contributed by atoms with Crippen LogP contribution in [-0.2, 0) is 13.0 Å². The van der Waals surface area contributed by atoms with E-state index in [1.54, 1.807) is 29.2 Å². The van der Waals surface area contributed by atoms with Crippen LogP contribution in [0.1, 0.15) is 18.1 Å². The van der Waals surface area contributed by atoms with Crippen molar-refractivity contribution in [1.29, 1.82) is 0 Å². The summed E-state index contributed by atoms with van der Waals surface area (Å²) in [5, 5.41) is 2.83. The first-order valence-electron chi connectivity index (χ1n) is 7.60. The molecule has 3 nitrogen and oxygen atoms in total. The second kappa shape index (κ2) is 8.27. The van der Waals surface area contributed by atoms with E-state index in [4.69, 9.17) is 0 Å². The molecule has 122 valence electrons. The summed E-state index contributed by atoms with van der Waals surface area (Å²) in [6, 6.07) is 12.2.